The minimum absolute atomic E-state index is 0.292. The Balaban J connectivity index is 2.34. The van der Waals surface area contributed by atoms with Crippen molar-refractivity contribution in [1.29, 1.82) is 0 Å². The van der Waals surface area contributed by atoms with Crippen molar-refractivity contribution in [2.45, 2.75) is 32.1 Å². The molecule has 0 bridgehead atoms. The van der Waals surface area contributed by atoms with Crippen LogP contribution in [0.5, 0.6) is 0 Å². The molecule has 0 heterocycles. The predicted octanol–water partition coefficient (Wildman–Crippen LogP) is 3.56. The summed E-state index contributed by atoms with van der Waals surface area (Å²) in [6, 6.07) is 8.12. The number of unbranched alkanes of at least 4 members (excludes halogenated alkanes) is 3. The number of carbonyl (C=O) groups is 1. The molecular weight excluding hydrogens is 248 g/mol. The standard InChI is InChI=1S/C15H19ClO2/c16-15(18)11-10-14-8-6-13(7-9-14)5-3-1-2-4-12-17/h6-11,17H,1-5,12H2/b11-10+. The first-order valence-electron chi connectivity index (χ1n) is 6.29. The second-order valence-corrected chi connectivity index (χ2v) is 4.64. The van der Waals surface area contributed by atoms with Gasteiger partial charge < -0.3 is 5.11 Å². The van der Waals surface area contributed by atoms with Crippen molar-refractivity contribution < 1.29 is 9.90 Å². The van der Waals surface area contributed by atoms with Crippen LogP contribution in [-0.2, 0) is 11.2 Å². The second-order valence-electron chi connectivity index (χ2n) is 4.27. The fourth-order valence-electron chi connectivity index (χ4n) is 1.75. The molecule has 0 saturated carbocycles. The lowest BCUT2D eigenvalue weighted by molar-refractivity contribution is -0.107. The highest BCUT2D eigenvalue weighted by Crippen LogP contribution is 2.10. The lowest BCUT2D eigenvalue weighted by Crippen LogP contribution is -1.88. The van der Waals surface area contributed by atoms with E-state index in [0.29, 0.717) is 6.61 Å². The van der Waals surface area contributed by atoms with Gasteiger partial charge in [0.15, 0.2) is 0 Å². The molecule has 0 fully saturated rings. The zero-order valence-corrected chi connectivity index (χ0v) is 11.2. The van der Waals surface area contributed by atoms with Gasteiger partial charge in [0.05, 0.1) is 0 Å². The summed E-state index contributed by atoms with van der Waals surface area (Å²) in [6.45, 7) is 0.292. The largest absolute Gasteiger partial charge is 0.396 e. The number of aliphatic hydroxyl groups excluding tert-OH is 1. The van der Waals surface area contributed by atoms with E-state index in [1.807, 2.05) is 12.1 Å². The molecule has 0 radical (unpaired) electrons. The van der Waals surface area contributed by atoms with E-state index < -0.39 is 5.24 Å². The molecule has 0 saturated heterocycles. The second kappa shape index (κ2) is 8.90. The molecular formula is C15H19ClO2. The van der Waals surface area contributed by atoms with Gasteiger partial charge in [-0.1, -0.05) is 43.2 Å². The molecule has 98 valence electrons. The van der Waals surface area contributed by atoms with Crippen LogP contribution in [0, 0.1) is 0 Å². The molecule has 1 aromatic carbocycles. The van der Waals surface area contributed by atoms with Gasteiger partial charge in [-0.2, -0.15) is 0 Å². The quantitative estimate of drug-likeness (QED) is 0.444. The van der Waals surface area contributed by atoms with Crippen LogP contribution < -0.4 is 0 Å². The number of carbonyl (C=O) groups excluding carboxylic acids is 1. The SMILES string of the molecule is O=C(Cl)/C=C/c1ccc(CCCCCCO)cc1. The van der Waals surface area contributed by atoms with Gasteiger partial charge >= 0.3 is 0 Å². The molecule has 0 atom stereocenters. The highest BCUT2D eigenvalue weighted by atomic mass is 35.5. The lowest BCUT2D eigenvalue weighted by atomic mass is 10.0. The Morgan fingerprint density at radius 3 is 2.39 bits per heavy atom. The van der Waals surface area contributed by atoms with E-state index in [2.05, 4.69) is 12.1 Å². The van der Waals surface area contributed by atoms with E-state index in [0.717, 1.165) is 37.7 Å². The molecule has 1 rings (SSSR count). The lowest BCUT2D eigenvalue weighted by Gasteiger charge is -2.02. The molecule has 0 aromatic heterocycles. The fraction of sp³-hybridized carbons (Fsp3) is 0.400. The smallest absolute Gasteiger partial charge is 0.245 e. The zero-order chi connectivity index (χ0) is 13.2. The summed E-state index contributed by atoms with van der Waals surface area (Å²) in [5.74, 6) is 0. The van der Waals surface area contributed by atoms with Gasteiger partial charge in [0.1, 0.15) is 0 Å². The normalized spacial score (nSPS) is 11.0. The van der Waals surface area contributed by atoms with Crippen LogP contribution >= 0.6 is 11.6 Å². The number of halogens is 1. The topological polar surface area (TPSA) is 37.3 Å². The van der Waals surface area contributed by atoms with Gasteiger partial charge in [-0.25, -0.2) is 0 Å². The van der Waals surface area contributed by atoms with Gasteiger partial charge in [0, 0.05) is 6.61 Å². The molecule has 0 unspecified atom stereocenters. The summed E-state index contributed by atoms with van der Waals surface area (Å²) in [6.07, 6.45) is 8.42. The number of benzene rings is 1. The van der Waals surface area contributed by atoms with Gasteiger partial charge in [0.25, 0.3) is 0 Å². The maximum Gasteiger partial charge on any atom is 0.245 e. The van der Waals surface area contributed by atoms with Crippen molar-refractivity contribution in [3.63, 3.8) is 0 Å². The minimum atomic E-state index is -0.456. The number of aliphatic hydroxyl groups is 1. The van der Waals surface area contributed by atoms with E-state index in [-0.39, 0.29) is 0 Å². The molecule has 0 aliphatic carbocycles. The van der Waals surface area contributed by atoms with Crippen LogP contribution in [0.4, 0.5) is 0 Å². The van der Waals surface area contributed by atoms with Crippen molar-refractivity contribution in [2.75, 3.05) is 6.61 Å². The highest BCUT2D eigenvalue weighted by molar-refractivity contribution is 6.66. The van der Waals surface area contributed by atoms with E-state index in [1.54, 1.807) is 6.08 Å². The first-order valence-corrected chi connectivity index (χ1v) is 6.67. The Kier molecular flexibility index (Phi) is 7.38. The van der Waals surface area contributed by atoms with E-state index >= 15 is 0 Å². The van der Waals surface area contributed by atoms with E-state index in [4.69, 9.17) is 16.7 Å². The van der Waals surface area contributed by atoms with Gasteiger partial charge in [-0.05, 0) is 48.1 Å². The Hall–Kier alpha value is -1.12. The van der Waals surface area contributed by atoms with Crippen molar-refractivity contribution in [3.05, 3.63) is 41.5 Å². The zero-order valence-electron chi connectivity index (χ0n) is 10.4. The predicted molar refractivity (Wildman–Crippen MR) is 75.6 cm³/mol. The number of hydrogen-bond acceptors (Lipinski definition) is 2. The summed E-state index contributed by atoms with van der Waals surface area (Å²) in [7, 11) is 0. The maximum atomic E-state index is 10.6. The van der Waals surface area contributed by atoms with Crippen LogP contribution in [-0.4, -0.2) is 17.0 Å². The van der Waals surface area contributed by atoms with E-state index in [9.17, 15) is 4.79 Å². The third-order valence-electron chi connectivity index (χ3n) is 2.76. The Morgan fingerprint density at radius 1 is 1.11 bits per heavy atom. The van der Waals surface area contributed by atoms with Crippen LogP contribution in [0.1, 0.15) is 36.8 Å². The summed E-state index contributed by atoms with van der Waals surface area (Å²) in [5, 5.41) is 8.21. The molecule has 0 aliphatic rings. The number of hydrogen-bond donors (Lipinski definition) is 1. The summed E-state index contributed by atoms with van der Waals surface area (Å²) < 4.78 is 0. The van der Waals surface area contributed by atoms with E-state index in [1.165, 1.54) is 11.6 Å². The van der Waals surface area contributed by atoms with Gasteiger partial charge in [-0.15, -0.1) is 0 Å². The van der Waals surface area contributed by atoms with Crippen LogP contribution in [0.15, 0.2) is 30.3 Å². The highest BCUT2D eigenvalue weighted by Gasteiger charge is 1.95. The third-order valence-corrected chi connectivity index (χ3v) is 2.89. The third kappa shape index (κ3) is 6.58. The summed E-state index contributed by atoms with van der Waals surface area (Å²) in [5.41, 5.74) is 2.28. The van der Waals surface area contributed by atoms with Crippen molar-refractivity contribution >= 4 is 22.9 Å². The minimum Gasteiger partial charge on any atom is -0.396 e. The number of allylic oxidation sites excluding steroid dienone is 1. The Morgan fingerprint density at radius 2 is 1.78 bits per heavy atom. The first-order chi connectivity index (χ1) is 8.72. The maximum absolute atomic E-state index is 10.6. The van der Waals surface area contributed by atoms with Gasteiger partial charge in [-0.3, -0.25) is 4.79 Å². The first kappa shape index (κ1) is 14.9. The molecule has 0 amide bonds. The monoisotopic (exact) mass is 266 g/mol. The van der Waals surface area contributed by atoms with Crippen LogP contribution in [0.3, 0.4) is 0 Å². The molecule has 2 nitrogen and oxygen atoms in total. The molecule has 0 aliphatic heterocycles. The molecule has 18 heavy (non-hydrogen) atoms. The average Bonchev–Trinajstić information content (AvgIpc) is 2.37. The average molecular weight is 267 g/mol. The summed E-state index contributed by atoms with van der Waals surface area (Å²) in [4.78, 5) is 10.6. The van der Waals surface area contributed by atoms with Crippen molar-refractivity contribution in [1.82, 2.24) is 0 Å². The van der Waals surface area contributed by atoms with Crippen LogP contribution in [0.2, 0.25) is 0 Å². The van der Waals surface area contributed by atoms with Crippen molar-refractivity contribution in [2.24, 2.45) is 0 Å². The Labute approximate surface area is 113 Å². The molecule has 1 aromatic rings. The summed E-state index contributed by atoms with van der Waals surface area (Å²) >= 11 is 5.23. The van der Waals surface area contributed by atoms with Gasteiger partial charge in [0.2, 0.25) is 5.24 Å². The van der Waals surface area contributed by atoms with Crippen molar-refractivity contribution in [3.8, 4) is 0 Å². The molecule has 3 heteroatoms. The molecule has 1 N–H and O–H groups in total. The fourth-order valence-corrected chi connectivity index (χ4v) is 1.81. The Bertz CT molecular complexity index is 382. The molecule has 0 spiro atoms. The van der Waals surface area contributed by atoms with Crippen LogP contribution in [0.25, 0.3) is 6.08 Å². The number of rotatable bonds is 8. The number of aryl methyl sites for hydroxylation is 1.